The number of halogens is 1. The van der Waals surface area contributed by atoms with Gasteiger partial charge < -0.3 is 15.4 Å². The number of guanidine groups is 1. The summed E-state index contributed by atoms with van der Waals surface area (Å²) in [5, 5.41) is 6.70. The molecule has 1 aliphatic rings. The van der Waals surface area contributed by atoms with Crippen molar-refractivity contribution in [1.82, 2.24) is 10.6 Å². The number of ether oxygens (including phenoxy) is 1. The second-order valence-electron chi connectivity index (χ2n) is 5.13. The van der Waals surface area contributed by atoms with Crippen LogP contribution in [0.15, 0.2) is 29.3 Å². The van der Waals surface area contributed by atoms with Crippen LogP contribution in [-0.2, 0) is 6.54 Å². The number of nitrogens with zero attached hydrogens (tertiary/aromatic N) is 1. The largest absolute Gasteiger partial charge is 0.494 e. The van der Waals surface area contributed by atoms with Gasteiger partial charge in [-0.3, -0.25) is 4.99 Å². The number of rotatable bonds is 7. The number of benzene rings is 1. The molecule has 0 amide bonds. The Morgan fingerprint density at radius 2 is 2.05 bits per heavy atom. The van der Waals surface area contributed by atoms with E-state index in [9.17, 15) is 0 Å². The monoisotopic (exact) mass is 403 g/mol. The SMILES string of the molecule is CCOc1ccccc1CNC(=NC)NCCC1CC1.I. The molecule has 0 aromatic heterocycles. The van der Waals surface area contributed by atoms with Gasteiger partial charge in [-0.2, -0.15) is 0 Å². The fraction of sp³-hybridized carbons (Fsp3) is 0.562. The molecular weight excluding hydrogens is 377 g/mol. The van der Waals surface area contributed by atoms with Crippen LogP contribution in [0.4, 0.5) is 0 Å². The van der Waals surface area contributed by atoms with Gasteiger partial charge in [0, 0.05) is 25.7 Å². The first-order chi connectivity index (χ1) is 9.83. The molecule has 21 heavy (non-hydrogen) atoms. The summed E-state index contributed by atoms with van der Waals surface area (Å²) in [6.07, 6.45) is 4.04. The fourth-order valence-corrected chi connectivity index (χ4v) is 2.15. The van der Waals surface area contributed by atoms with Crippen LogP contribution < -0.4 is 15.4 Å². The van der Waals surface area contributed by atoms with E-state index in [-0.39, 0.29) is 24.0 Å². The average molecular weight is 403 g/mol. The first kappa shape index (κ1) is 18.1. The zero-order valence-electron chi connectivity index (χ0n) is 12.9. The Bertz CT molecular complexity index is 447. The minimum atomic E-state index is 0. The zero-order valence-corrected chi connectivity index (χ0v) is 15.2. The lowest BCUT2D eigenvalue weighted by molar-refractivity contribution is 0.336. The van der Waals surface area contributed by atoms with Gasteiger partial charge in [-0.25, -0.2) is 0 Å². The van der Waals surface area contributed by atoms with Gasteiger partial charge in [0.05, 0.1) is 6.61 Å². The topological polar surface area (TPSA) is 45.6 Å². The Hall–Kier alpha value is -0.980. The smallest absolute Gasteiger partial charge is 0.191 e. The molecule has 0 aliphatic heterocycles. The van der Waals surface area contributed by atoms with Gasteiger partial charge in [0.25, 0.3) is 0 Å². The molecule has 1 fully saturated rings. The van der Waals surface area contributed by atoms with Crippen molar-refractivity contribution in [2.45, 2.75) is 32.7 Å². The molecule has 0 saturated heterocycles. The molecule has 4 nitrogen and oxygen atoms in total. The molecule has 118 valence electrons. The lowest BCUT2D eigenvalue weighted by atomic mass is 10.2. The average Bonchev–Trinajstić information content (AvgIpc) is 3.28. The van der Waals surface area contributed by atoms with Crippen molar-refractivity contribution in [3.63, 3.8) is 0 Å². The normalized spacial score (nSPS) is 14.3. The van der Waals surface area contributed by atoms with Crippen LogP contribution in [0.2, 0.25) is 0 Å². The van der Waals surface area contributed by atoms with Gasteiger partial charge in [-0.1, -0.05) is 31.0 Å². The molecular formula is C16H26IN3O. The lowest BCUT2D eigenvalue weighted by Crippen LogP contribution is -2.37. The van der Waals surface area contributed by atoms with Gasteiger partial charge in [0.15, 0.2) is 5.96 Å². The maximum absolute atomic E-state index is 5.62. The highest BCUT2D eigenvalue weighted by molar-refractivity contribution is 14.0. The molecule has 2 N–H and O–H groups in total. The van der Waals surface area contributed by atoms with E-state index in [1.54, 1.807) is 7.05 Å². The van der Waals surface area contributed by atoms with Crippen LogP contribution in [0.25, 0.3) is 0 Å². The summed E-state index contributed by atoms with van der Waals surface area (Å²) in [5.74, 6) is 2.74. The van der Waals surface area contributed by atoms with Crippen LogP contribution in [0.1, 0.15) is 31.7 Å². The Kier molecular flexibility index (Phi) is 8.49. The summed E-state index contributed by atoms with van der Waals surface area (Å²) in [6, 6.07) is 8.11. The quantitative estimate of drug-likeness (QED) is 0.418. The van der Waals surface area contributed by atoms with E-state index in [0.29, 0.717) is 6.61 Å². The van der Waals surface area contributed by atoms with Crippen molar-refractivity contribution >= 4 is 29.9 Å². The van der Waals surface area contributed by atoms with Crippen LogP contribution in [0.5, 0.6) is 5.75 Å². The fourth-order valence-electron chi connectivity index (χ4n) is 2.15. The number of nitrogens with one attached hydrogen (secondary N) is 2. The van der Waals surface area contributed by atoms with Gasteiger partial charge >= 0.3 is 0 Å². The van der Waals surface area contributed by atoms with Gasteiger partial charge in [-0.15, -0.1) is 24.0 Å². The van der Waals surface area contributed by atoms with Gasteiger partial charge in [0.2, 0.25) is 0 Å². The molecule has 0 unspecified atom stereocenters. The first-order valence-corrected chi connectivity index (χ1v) is 7.48. The summed E-state index contributed by atoms with van der Waals surface area (Å²) in [7, 11) is 1.81. The van der Waals surface area contributed by atoms with Crippen molar-refractivity contribution in [2.24, 2.45) is 10.9 Å². The van der Waals surface area contributed by atoms with E-state index in [2.05, 4.69) is 21.7 Å². The Morgan fingerprint density at radius 1 is 1.29 bits per heavy atom. The van der Waals surface area contributed by atoms with Crippen LogP contribution >= 0.6 is 24.0 Å². The number of hydrogen-bond acceptors (Lipinski definition) is 2. The van der Waals surface area contributed by atoms with E-state index in [1.807, 2.05) is 25.1 Å². The lowest BCUT2D eigenvalue weighted by Gasteiger charge is -2.14. The van der Waals surface area contributed by atoms with E-state index < -0.39 is 0 Å². The highest BCUT2D eigenvalue weighted by Gasteiger charge is 2.20. The number of aliphatic imine (C=N–C) groups is 1. The number of para-hydroxylation sites is 1. The van der Waals surface area contributed by atoms with Crippen molar-refractivity contribution < 1.29 is 4.74 Å². The zero-order chi connectivity index (χ0) is 14.2. The molecule has 2 rings (SSSR count). The Balaban J connectivity index is 0.00000220. The summed E-state index contributed by atoms with van der Waals surface area (Å²) >= 11 is 0. The third-order valence-corrected chi connectivity index (χ3v) is 3.48. The molecule has 0 radical (unpaired) electrons. The molecule has 0 bridgehead atoms. The standard InChI is InChI=1S/C16H25N3O.HI/c1-3-20-15-7-5-4-6-14(15)12-19-16(17-2)18-11-10-13-8-9-13;/h4-7,13H,3,8-12H2,1-2H3,(H2,17,18,19);1H. The predicted octanol–water partition coefficient (Wildman–Crippen LogP) is 3.17. The second-order valence-corrected chi connectivity index (χ2v) is 5.13. The van der Waals surface area contributed by atoms with Gasteiger partial charge in [0.1, 0.15) is 5.75 Å². The van der Waals surface area contributed by atoms with Crippen molar-refractivity contribution in [2.75, 3.05) is 20.2 Å². The first-order valence-electron chi connectivity index (χ1n) is 7.48. The van der Waals surface area contributed by atoms with E-state index >= 15 is 0 Å². The summed E-state index contributed by atoms with van der Waals surface area (Å²) in [5.41, 5.74) is 1.15. The Labute approximate surface area is 144 Å². The number of hydrogen-bond donors (Lipinski definition) is 2. The van der Waals surface area contributed by atoms with Crippen molar-refractivity contribution in [3.05, 3.63) is 29.8 Å². The van der Waals surface area contributed by atoms with Crippen molar-refractivity contribution in [3.8, 4) is 5.75 Å². The van der Waals surface area contributed by atoms with Crippen molar-refractivity contribution in [1.29, 1.82) is 0 Å². The third kappa shape index (κ3) is 6.54. The maximum Gasteiger partial charge on any atom is 0.191 e. The highest BCUT2D eigenvalue weighted by Crippen LogP contribution is 2.31. The molecule has 1 saturated carbocycles. The molecule has 1 aromatic carbocycles. The maximum atomic E-state index is 5.62. The molecule has 5 heteroatoms. The molecule has 1 aliphatic carbocycles. The van der Waals surface area contributed by atoms with E-state index in [1.165, 1.54) is 19.3 Å². The molecule has 0 atom stereocenters. The summed E-state index contributed by atoms with van der Waals surface area (Å²) < 4.78 is 5.62. The van der Waals surface area contributed by atoms with Crippen LogP contribution in [0, 0.1) is 5.92 Å². The minimum Gasteiger partial charge on any atom is -0.494 e. The molecule has 1 aromatic rings. The van der Waals surface area contributed by atoms with E-state index in [4.69, 9.17) is 4.74 Å². The second kappa shape index (κ2) is 9.87. The van der Waals surface area contributed by atoms with Crippen LogP contribution in [0.3, 0.4) is 0 Å². The van der Waals surface area contributed by atoms with Crippen LogP contribution in [-0.4, -0.2) is 26.2 Å². The third-order valence-electron chi connectivity index (χ3n) is 3.48. The van der Waals surface area contributed by atoms with Gasteiger partial charge in [-0.05, 0) is 25.3 Å². The van der Waals surface area contributed by atoms with E-state index in [0.717, 1.165) is 36.3 Å². The Morgan fingerprint density at radius 3 is 2.71 bits per heavy atom. The highest BCUT2D eigenvalue weighted by atomic mass is 127. The molecule has 0 heterocycles. The predicted molar refractivity (Wildman–Crippen MR) is 98.6 cm³/mol. The summed E-state index contributed by atoms with van der Waals surface area (Å²) in [4.78, 5) is 4.25. The summed E-state index contributed by atoms with van der Waals surface area (Å²) in [6.45, 7) is 4.41. The molecule has 0 spiro atoms. The minimum absolute atomic E-state index is 0.